The lowest BCUT2D eigenvalue weighted by atomic mass is 9.86. The highest BCUT2D eigenvalue weighted by Gasteiger charge is 2.16. The number of hydrogen-bond acceptors (Lipinski definition) is 1. The zero-order chi connectivity index (χ0) is 13.5. The van der Waals surface area contributed by atoms with Crippen LogP contribution in [-0.2, 0) is 0 Å². The van der Waals surface area contributed by atoms with E-state index in [1.807, 2.05) is 0 Å². The summed E-state index contributed by atoms with van der Waals surface area (Å²) in [7, 11) is 0. The Morgan fingerprint density at radius 1 is 0.842 bits per heavy atom. The van der Waals surface area contributed by atoms with Gasteiger partial charge in [-0.25, -0.2) is 0 Å². The second kappa shape index (κ2) is 7.10. The largest absolute Gasteiger partial charge is 0.314 e. The van der Waals surface area contributed by atoms with Crippen LogP contribution in [0.3, 0.4) is 0 Å². The molecule has 2 rings (SSSR count). The van der Waals surface area contributed by atoms with Gasteiger partial charge in [0.05, 0.1) is 0 Å². The summed E-state index contributed by atoms with van der Waals surface area (Å²) in [6.07, 6.45) is 1.13. The standard InChI is InChI=1S/C18H23N/c1-3-19-15(2)14-18(16-10-6-4-7-11-16)17-12-8-5-9-13-17/h4-13,15,18-19H,3,14H2,1-2H3/t15-/m0/s1. The fourth-order valence-corrected chi connectivity index (χ4v) is 2.62. The molecule has 1 N–H and O–H groups in total. The van der Waals surface area contributed by atoms with Gasteiger partial charge in [0, 0.05) is 12.0 Å². The van der Waals surface area contributed by atoms with Gasteiger partial charge in [-0.1, -0.05) is 67.6 Å². The van der Waals surface area contributed by atoms with Gasteiger partial charge in [-0.05, 0) is 31.0 Å². The fraction of sp³-hybridized carbons (Fsp3) is 0.333. The van der Waals surface area contributed by atoms with Gasteiger partial charge in [-0.15, -0.1) is 0 Å². The summed E-state index contributed by atoms with van der Waals surface area (Å²) in [5.41, 5.74) is 2.80. The molecular weight excluding hydrogens is 230 g/mol. The molecule has 1 heteroatoms. The van der Waals surface area contributed by atoms with Gasteiger partial charge in [0.2, 0.25) is 0 Å². The van der Waals surface area contributed by atoms with Crippen LogP contribution in [0.25, 0.3) is 0 Å². The molecule has 0 aromatic heterocycles. The molecular formula is C18H23N. The molecule has 1 nitrogen and oxygen atoms in total. The molecule has 0 radical (unpaired) electrons. The first kappa shape index (κ1) is 13.8. The molecule has 19 heavy (non-hydrogen) atoms. The van der Waals surface area contributed by atoms with Crippen LogP contribution in [0, 0.1) is 0 Å². The van der Waals surface area contributed by atoms with Gasteiger partial charge in [-0.3, -0.25) is 0 Å². The van der Waals surface area contributed by atoms with Crippen molar-refractivity contribution in [3.05, 3.63) is 71.8 Å². The average molecular weight is 253 g/mol. The van der Waals surface area contributed by atoms with Gasteiger partial charge in [0.1, 0.15) is 0 Å². The Morgan fingerprint density at radius 2 is 1.32 bits per heavy atom. The summed E-state index contributed by atoms with van der Waals surface area (Å²) < 4.78 is 0. The SMILES string of the molecule is CCN[C@@H](C)CC(c1ccccc1)c1ccccc1. The first-order valence-corrected chi connectivity index (χ1v) is 7.14. The molecule has 0 spiro atoms. The molecule has 2 aromatic rings. The maximum absolute atomic E-state index is 3.52. The van der Waals surface area contributed by atoms with Gasteiger partial charge < -0.3 is 5.32 Å². The minimum atomic E-state index is 0.469. The summed E-state index contributed by atoms with van der Waals surface area (Å²) >= 11 is 0. The lowest BCUT2D eigenvalue weighted by molar-refractivity contribution is 0.503. The van der Waals surface area contributed by atoms with E-state index in [2.05, 4.69) is 79.8 Å². The highest BCUT2D eigenvalue weighted by molar-refractivity contribution is 5.32. The Balaban J connectivity index is 2.24. The monoisotopic (exact) mass is 253 g/mol. The predicted octanol–water partition coefficient (Wildman–Crippen LogP) is 4.21. The van der Waals surface area contributed by atoms with Crippen LogP contribution < -0.4 is 5.32 Å². The Morgan fingerprint density at radius 3 is 1.74 bits per heavy atom. The van der Waals surface area contributed by atoms with Crippen LogP contribution in [0.4, 0.5) is 0 Å². The van der Waals surface area contributed by atoms with Crippen molar-refractivity contribution in [2.45, 2.75) is 32.2 Å². The smallest absolute Gasteiger partial charge is 0.0104 e. The second-order valence-electron chi connectivity index (χ2n) is 5.07. The third-order valence-corrected chi connectivity index (χ3v) is 3.55. The Labute approximate surface area is 116 Å². The Hall–Kier alpha value is -1.60. The lowest BCUT2D eigenvalue weighted by Gasteiger charge is -2.22. The number of hydrogen-bond donors (Lipinski definition) is 1. The molecule has 0 aliphatic rings. The van der Waals surface area contributed by atoms with E-state index >= 15 is 0 Å². The number of benzene rings is 2. The highest BCUT2D eigenvalue weighted by atomic mass is 14.9. The molecule has 0 fully saturated rings. The summed E-state index contributed by atoms with van der Waals surface area (Å²) in [4.78, 5) is 0. The fourth-order valence-electron chi connectivity index (χ4n) is 2.62. The van der Waals surface area contributed by atoms with Gasteiger partial charge in [-0.2, -0.15) is 0 Å². The molecule has 0 unspecified atom stereocenters. The molecule has 1 atom stereocenters. The van der Waals surface area contributed by atoms with E-state index < -0.39 is 0 Å². The van der Waals surface area contributed by atoms with Crippen molar-refractivity contribution >= 4 is 0 Å². The van der Waals surface area contributed by atoms with E-state index in [1.54, 1.807) is 0 Å². The van der Waals surface area contributed by atoms with Gasteiger partial charge >= 0.3 is 0 Å². The highest BCUT2D eigenvalue weighted by Crippen LogP contribution is 2.28. The maximum atomic E-state index is 3.52. The van der Waals surface area contributed by atoms with Crippen LogP contribution in [0.15, 0.2) is 60.7 Å². The normalized spacial score (nSPS) is 12.6. The van der Waals surface area contributed by atoms with Crippen molar-refractivity contribution in [3.63, 3.8) is 0 Å². The molecule has 0 amide bonds. The van der Waals surface area contributed by atoms with E-state index in [-0.39, 0.29) is 0 Å². The third kappa shape index (κ3) is 3.93. The van der Waals surface area contributed by atoms with Crippen LogP contribution in [0.1, 0.15) is 37.3 Å². The summed E-state index contributed by atoms with van der Waals surface area (Å²) in [6, 6.07) is 22.1. The van der Waals surface area contributed by atoms with E-state index in [0.717, 1.165) is 13.0 Å². The molecule has 0 aliphatic carbocycles. The zero-order valence-electron chi connectivity index (χ0n) is 11.8. The van der Waals surface area contributed by atoms with Crippen LogP contribution >= 0.6 is 0 Å². The van der Waals surface area contributed by atoms with E-state index in [1.165, 1.54) is 11.1 Å². The third-order valence-electron chi connectivity index (χ3n) is 3.55. The molecule has 0 heterocycles. The zero-order valence-corrected chi connectivity index (χ0v) is 11.8. The minimum Gasteiger partial charge on any atom is -0.314 e. The molecule has 0 bridgehead atoms. The summed E-state index contributed by atoms with van der Waals surface area (Å²) in [6.45, 7) is 5.45. The second-order valence-corrected chi connectivity index (χ2v) is 5.07. The Bertz CT molecular complexity index is 424. The summed E-state index contributed by atoms with van der Waals surface area (Å²) in [5, 5.41) is 3.52. The van der Waals surface area contributed by atoms with Crippen molar-refractivity contribution in [3.8, 4) is 0 Å². The van der Waals surface area contributed by atoms with Gasteiger partial charge in [0.15, 0.2) is 0 Å². The molecule has 0 saturated carbocycles. The molecule has 2 aromatic carbocycles. The molecule has 0 saturated heterocycles. The van der Waals surface area contributed by atoms with Crippen molar-refractivity contribution in [1.82, 2.24) is 5.32 Å². The predicted molar refractivity (Wildman–Crippen MR) is 82.5 cm³/mol. The van der Waals surface area contributed by atoms with Crippen molar-refractivity contribution in [1.29, 1.82) is 0 Å². The first-order chi connectivity index (χ1) is 9.31. The number of rotatable bonds is 6. The van der Waals surface area contributed by atoms with Crippen molar-refractivity contribution < 1.29 is 0 Å². The minimum absolute atomic E-state index is 0.469. The topological polar surface area (TPSA) is 12.0 Å². The van der Waals surface area contributed by atoms with Crippen molar-refractivity contribution in [2.75, 3.05) is 6.54 Å². The van der Waals surface area contributed by atoms with E-state index in [0.29, 0.717) is 12.0 Å². The van der Waals surface area contributed by atoms with Gasteiger partial charge in [0.25, 0.3) is 0 Å². The summed E-state index contributed by atoms with van der Waals surface area (Å²) in [5.74, 6) is 0.469. The Kier molecular flexibility index (Phi) is 5.17. The van der Waals surface area contributed by atoms with Crippen LogP contribution in [0.5, 0.6) is 0 Å². The molecule has 100 valence electrons. The van der Waals surface area contributed by atoms with E-state index in [9.17, 15) is 0 Å². The van der Waals surface area contributed by atoms with Crippen LogP contribution in [-0.4, -0.2) is 12.6 Å². The van der Waals surface area contributed by atoms with E-state index in [4.69, 9.17) is 0 Å². The maximum Gasteiger partial charge on any atom is 0.0104 e. The first-order valence-electron chi connectivity index (χ1n) is 7.14. The average Bonchev–Trinajstić information content (AvgIpc) is 2.47. The lowest BCUT2D eigenvalue weighted by Crippen LogP contribution is -2.27. The quantitative estimate of drug-likeness (QED) is 0.813. The molecule has 0 aliphatic heterocycles. The van der Waals surface area contributed by atoms with Crippen molar-refractivity contribution in [2.24, 2.45) is 0 Å². The number of nitrogens with one attached hydrogen (secondary N) is 1. The van der Waals surface area contributed by atoms with Crippen LogP contribution in [0.2, 0.25) is 0 Å².